The largest absolute Gasteiger partial charge is 0.268 e. The zero-order valence-electron chi connectivity index (χ0n) is 6.44. The fraction of sp³-hybridized carbons (Fsp3) is 0. The molecule has 1 aromatic carbocycles. The Morgan fingerprint density at radius 2 is 1.67 bits per heavy atom. The molecule has 0 aliphatic carbocycles. The van der Waals surface area contributed by atoms with Crippen LogP contribution < -0.4 is 0 Å². The first-order valence-electron chi connectivity index (χ1n) is 3.76. The smallest absolute Gasteiger partial charge is 0.0291 e. The van der Waals surface area contributed by atoms with E-state index in [0.29, 0.717) is 0 Å². The molecule has 2 heteroatoms. The minimum absolute atomic E-state index is 1.14. The lowest BCUT2D eigenvalue weighted by Crippen LogP contribution is -1.71. The van der Waals surface area contributed by atoms with E-state index in [-0.39, 0.29) is 0 Å². The Kier molecular flexibility index (Phi) is 1.88. The molecule has 0 aliphatic heterocycles. The first-order valence-corrected chi connectivity index (χ1v) is 4.09. The molecule has 0 aliphatic rings. The van der Waals surface area contributed by atoms with E-state index in [1.165, 1.54) is 9.65 Å². The Morgan fingerprint density at radius 3 is 2.25 bits per heavy atom. The second-order valence-corrected chi connectivity index (χ2v) is 3.00. The summed E-state index contributed by atoms with van der Waals surface area (Å²) < 4.78 is 1.53. The van der Waals surface area contributed by atoms with Gasteiger partial charge in [-0.25, -0.2) is 0 Å². The summed E-state index contributed by atoms with van der Waals surface area (Å²) in [5.74, 6) is 0. The van der Waals surface area contributed by atoms with Gasteiger partial charge in [-0.1, -0.05) is 30.3 Å². The lowest BCUT2D eigenvalue weighted by atomic mass is 10.1. The van der Waals surface area contributed by atoms with Crippen molar-refractivity contribution in [3.63, 3.8) is 0 Å². The summed E-state index contributed by atoms with van der Waals surface area (Å²) >= 11 is 5.73. The molecule has 1 aromatic heterocycles. The number of hydrogen-bond acceptors (Lipinski definition) is 0. The van der Waals surface area contributed by atoms with Gasteiger partial charge in [0.25, 0.3) is 0 Å². The van der Waals surface area contributed by atoms with Crippen molar-refractivity contribution in [2.75, 3.05) is 0 Å². The third-order valence-corrected chi connectivity index (χ3v) is 1.98. The second-order valence-electron chi connectivity index (χ2n) is 2.61. The Balaban J connectivity index is 2.45. The van der Waals surface area contributed by atoms with Crippen molar-refractivity contribution in [1.29, 1.82) is 0 Å². The summed E-state index contributed by atoms with van der Waals surface area (Å²) in [5.41, 5.74) is 2.34. The van der Waals surface area contributed by atoms with Crippen LogP contribution in [0, 0.1) is 0 Å². The quantitative estimate of drug-likeness (QED) is 0.631. The van der Waals surface area contributed by atoms with Crippen LogP contribution in [0.15, 0.2) is 48.8 Å². The van der Waals surface area contributed by atoms with E-state index >= 15 is 0 Å². The van der Waals surface area contributed by atoms with E-state index in [1.54, 1.807) is 0 Å². The van der Waals surface area contributed by atoms with Crippen LogP contribution in [-0.2, 0) is 0 Å². The van der Waals surface area contributed by atoms with Crippen molar-refractivity contribution in [3.8, 4) is 11.1 Å². The molecule has 0 radical (unpaired) electrons. The van der Waals surface area contributed by atoms with E-state index in [9.17, 15) is 0 Å². The molecule has 2 aromatic rings. The monoisotopic (exact) mass is 177 g/mol. The summed E-state index contributed by atoms with van der Waals surface area (Å²) in [6.07, 6.45) is 3.71. The fourth-order valence-electron chi connectivity index (χ4n) is 1.17. The van der Waals surface area contributed by atoms with Crippen LogP contribution >= 0.6 is 11.8 Å². The van der Waals surface area contributed by atoms with Crippen LogP contribution in [0.1, 0.15) is 0 Å². The Morgan fingerprint density at radius 1 is 0.917 bits per heavy atom. The number of rotatable bonds is 1. The molecule has 0 saturated carbocycles. The first kappa shape index (κ1) is 7.44. The highest BCUT2D eigenvalue weighted by atomic mass is 35.5. The van der Waals surface area contributed by atoms with Gasteiger partial charge in [-0.3, -0.25) is 4.09 Å². The summed E-state index contributed by atoms with van der Waals surface area (Å²) in [6.45, 7) is 0. The third-order valence-electron chi connectivity index (χ3n) is 1.77. The van der Waals surface area contributed by atoms with Crippen molar-refractivity contribution in [2.24, 2.45) is 0 Å². The van der Waals surface area contributed by atoms with Gasteiger partial charge >= 0.3 is 0 Å². The normalized spacial score (nSPS) is 10.1. The molecule has 1 nitrogen and oxygen atoms in total. The molecule has 1 heterocycles. The van der Waals surface area contributed by atoms with Crippen molar-refractivity contribution < 1.29 is 0 Å². The topological polar surface area (TPSA) is 4.93 Å². The van der Waals surface area contributed by atoms with Crippen LogP contribution in [0.4, 0.5) is 0 Å². The maximum Gasteiger partial charge on any atom is 0.0291 e. The van der Waals surface area contributed by atoms with Gasteiger partial charge in [-0.15, -0.1) is 0 Å². The van der Waals surface area contributed by atoms with Gasteiger partial charge in [-0.05, 0) is 11.6 Å². The standard InChI is InChI=1S/C10H8ClN/c11-12-7-6-10(8-12)9-4-2-1-3-5-9/h1-8H. The lowest BCUT2D eigenvalue weighted by Gasteiger charge is -1.94. The molecule has 0 bridgehead atoms. The molecule has 0 atom stereocenters. The Bertz CT molecular complexity index is 364. The average molecular weight is 178 g/mol. The molecular formula is C10H8ClN. The summed E-state index contributed by atoms with van der Waals surface area (Å²) in [4.78, 5) is 0. The average Bonchev–Trinajstić information content (AvgIpc) is 2.54. The highest BCUT2D eigenvalue weighted by molar-refractivity contribution is 6.15. The summed E-state index contributed by atoms with van der Waals surface area (Å²) in [5, 5.41) is 0. The fourth-order valence-corrected chi connectivity index (χ4v) is 1.33. The van der Waals surface area contributed by atoms with Crippen LogP contribution in [-0.4, -0.2) is 4.09 Å². The Hall–Kier alpha value is -1.21. The number of aromatic nitrogens is 1. The third kappa shape index (κ3) is 1.36. The predicted octanol–water partition coefficient (Wildman–Crippen LogP) is 3.16. The van der Waals surface area contributed by atoms with Gasteiger partial charge in [0.1, 0.15) is 0 Å². The first-order chi connectivity index (χ1) is 5.86. The highest BCUT2D eigenvalue weighted by Crippen LogP contribution is 2.18. The number of benzene rings is 1. The van der Waals surface area contributed by atoms with Crippen molar-refractivity contribution >= 4 is 11.8 Å². The summed E-state index contributed by atoms with van der Waals surface area (Å²) in [7, 11) is 0. The lowest BCUT2D eigenvalue weighted by molar-refractivity contribution is 1.27. The van der Waals surface area contributed by atoms with Gasteiger partial charge in [0.15, 0.2) is 0 Å². The van der Waals surface area contributed by atoms with E-state index < -0.39 is 0 Å². The van der Waals surface area contributed by atoms with Crippen LogP contribution in [0.5, 0.6) is 0 Å². The van der Waals surface area contributed by atoms with Crippen LogP contribution in [0.2, 0.25) is 0 Å². The SMILES string of the molecule is Cln1ccc(-c2ccccc2)c1. The maximum atomic E-state index is 5.73. The maximum absolute atomic E-state index is 5.73. The molecule has 0 fully saturated rings. The molecule has 0 spiro atoms. The van der Waals surface area contributed by atoms with Gasteiger partial charge in [0, 0.05) is 29.7 Å². The van der Waals surface area contributed by atoms with E-state index in [2.05, 4.69) is 12.1 Å². The van der Waals surface area contributed by atoms with Crippen LogP contribution in [0.3, 0.4) is 0 Å². The van der Waals surface area contributed by atoms with Gasteiger partial charge in [0.05, 0.1) is 0 Å². The van der Waals surface area contributed by atoms with Crippen molar-refractivity contribution in [2.45, 2.75) is 0 Å². The summed E-state index contributed by atoms with van der Waals surface area (Å²) in [6, 6.07) is 12.1. The minimum atomic E-state index is 1.14. The van der Waals surface area contributed by atoms with Crippen molar-refractivity contribution in [3.05, 3.63) is 48.8 Å². The number of nitrogens with zero attached hydrogens (tertiary/aromatic N) is 1. The predicted molar refractivity (Wildman–Crippen MR) is 51.1 cm³/mol. The molecular weight excluding hydrogens is 170 g/mol. The number of hydrogen-bond donors (Lipinski definition) is 0. The van der Waals surface area contributed by atoms with Gasteiger partial charge < -0.3 is 0 Å². The van der Waals surface area contributed by atoms with Crippen LogP contribution in [0.25, 0.3) is 11.1 Å². The number of halogens is 1. The van der Waals surface area contributed by atoms with Gasteiger partial charge in [0.2, 0.25) is 0 Å². The van der Waals surface area contributed by atoms with E-state index in [1.807, 2.05) is 36.7 Å². The molecule has 0 saturated heterocycles. The Labute approximate surface area is 76.3 Å². The molecule has 12 heavy (non-hydrogen) atoms. The zero-order valence-corrected chi connectivity index (χ0v) is 7.20. The molecule has 0 unspecified atom stereocenters. The molecule has 0 amide bonds. The second kappa shape index (κ2) is 3.03. The van der Waals surface area contributed by atoms with E-state index in [4.69, 9.17) is 11.8 Å². The van der Waals surface area contributed by atoms with Gasteiger partial charge in [-0.2, -0.15) is 0 Å². The van der Waals surface area contributed by atoms with Crippen molar-refractivity contribution in [1.82, 2.24) is 4.09 Å². The molecule has 0 N–H and O–H groups in total. The molecule has 2 rings (SSSR count). The minimum Gasteiger partial charge on any atom is -0.268 e. The zero-order chi connectivity index (χ0) is 8.39. The molecule has 60 valence electrons. The highest BCUT2D eigenvalue weighted by Gasteiger charge is 1.96. The van der Waals surface area contributed by atoms with E-state index in [0.717, 1.165) is 5.56 Å².